The maximum absolute atomic E-state index is 12.1. The number of ether oxygens (including phenoxy) is 1. The van der Waals surface area contributed by atoms with Crippen LogP contribution in [0.2, 0.25) is 0 Å². The Morgan fingerprint density at radius 2 is 2.07 bits per heavy atom. The van der Waals surface area contributed by atoms with Gasteiger partial charge in [0.25, 0.3) is 5.91 Å². The lowest BCUT2D eigenvalue weighted by molar-refractivity contribution is -0.146. The number of nitrogens with zero attached hydrogens (tertiary/aromatic N) is 4. The molecule has 1 amide bonds. The zero-order chi connectivity index (χ0) is 19.2. The van der Waals surface area contributed by atoms with Gasteiger partial charge >= 0.3 is 5.97 Å². The molecule has 1 fully saturated rings. The first kappa shape index (κ1) is 18.4. The fraction of sp³-hybridized carbons (Fsp3) is 0.353. The molecule has 2 aromatic rings. The number of nitrogens with two attached hydrogens (primary N) is 1. The summed E-state index contributed by atoms with van der Waals surface area (Å²) >= 11 is 0. The van der Waals surface area contributed by atoms with E-state index in [1.165, 1.54) is 19.6 Å². The molecule has 27 heavy (non-hydrogen) atoms. The highest BCUT2D eigenvalue weighted by Crippen LogP contribution is 2.29. The van der Waals surface area contributed by atoms with Crippen molar-refractivity contribution in [2.75, 3.05) is 36.3 Å². The minimum absolute atomic E-state index is 0.106. The Bertz CT molecular complexity index is 807. The van der Waals surface area contributed by atoms with Crippen molar-refractivity contribution in [1.29, 1.82) is 0 Å². The van der Waals surface area contributed by atoms with Crippen LogP contribution >= 0.6 is 0 Å². The predicted octanol–water partition coefficient (Wildman–Crippen LogP) is 0.600. The lowest BCUT2D eigenvalue weighted by Crippen LogP contribution is -2.38. The number of piperidine rings is 1. The van der Waals surface area contributed by atoms with E-state index < -0.39 is 0 Å². The molecule has 10 nitrogen and oxygen atoms in total. The maximum Gasteiger partial charge on any atom is 0.308 e. The van der Waals surface area contributed by atoms with Crippen LogP contribution in [0.15, 0.2) is 30.9 Å². The number of carbonyl (C=O) groups is 2. The van der Waals surface area contributed by atoms with Gasteiger partial charge in [-0.05, 0) is 25.0 Å². The summed E-state index contributed by atoms with van der Waals surface area (Å²) in [7, 11) is 1.40. The number of nitrogen functional groups attached to an aromatic ring is 1. The molecule has 4 N–H and O–H groups in total. The van der Waals surface area contributed by atoms with E-state index in [4.69, 9.17) is 10.5 Å². The predicted molar refractivity (Wildman–Crippen MR) is 98.7 cm³/mol. The summed E-state index contributed by atoms with van der Waals surface area (Å²) in [5, 5.41) is 0. The molecule has 0 unspecified atom stereocenters. The summed E-state index contributed by atoms with van der Waals surface area (Å²) in [4.78, 5) is 38.0. The van der Waals surface area contributed by atoms with Gasteiger partial charge in [0.1, 0.15) is 12.0 Å². The number of anilines is 3. The molecule has 0 saturated carbocycles. The third kappa shape index (κ3) is 4.22. The Balaban J connectivity index is 1.64. The number of rotatable bonds is 5. The summed E-state index contributed by atoms with van der Waals surface area (Å²) < 4.78 is 4.80. The van der Waals surface area contributed by atoms with Crippen LogP contribution in [0.3, 0.4) is 0 Å². The van der Waals surface area contributed by atoms with E-state index in [-0.39, 0.29) is 17.8 Å². The van der Waals surface area contributed by atoms with E-state index >= 15 is 0 Å². The minimum atomic E-state index is -0.360. The van der Waals surface area contributed by atoms with Gasteiger partial charge in [-0.25, -0.2) is 9.97 Å². The van der Waals surface area contributed by atoms with E-state index in [2.05, 4.69) is 25.8 Å². The zero-order valence-electron chi connectivity index (χ0n) is 14.9. The average molecular weight is 371 g/mol. The maximum atomic E-state index is 12.1. The van der Waals surface area contributed by atoms with E-state index in [1.807, 2.05) is 4.90 Å². The molecule has 3 heterocycles. The Morgan fingerprint density at radius 3 is 2.74 bits per heavy atom. The highest BCUT2D eigenvalue weighted by atomic mass is 16.5. The Hall–Kier alpha value is -3.43. The van der Waals surface area contributed by atoms with E-state index in [1.54, 1.807) is 18.3 Å². The fourth-order valence-corrected chi connectivity index (χ4v) is 2.92. The number of hydrogen-bond donors (Lipinski definition) is 3. The van der Waals surface area contributed by atoms with Gasteiger partial charge < -0.3 is 15.4 Å². The second kappa shape index (κ2) is 8.30. The summed E-state index contributed by atoms with van der Waals surface area (Å²) in [6, 6.07) is 3.31. The first-order chi connectivity index (χ1) is 13.1. The third-order valence-electron chi connectivity index (χ3n) is 4.41. The van der Waals surface area contributed by atoms with Gasteiger partial charge in [0.2, 0.25) is 0 Å². The van der Waals surface area contributed by atoms with E-state index in [9.17, 15) is 9.59 Å². The average Bonchev–Trinajstić information content (AvgIpc) is 2.73. The number of nitrogens with one attached hydrogen (secondary N) is 2. The van der Waals surface area contributed by atoms with Crippen molar-refractivity contribution >= 4 is 29.2 Å². The Morgan fingerprint density at radius 1 is 1.30 bits per heavy atom. The number of esters is 1. The van der Waals surface area contributed by atoms with Crippen molar-refractivity contribution in [3.8, 4) is 0 Å². The lowest BCUT2D eigenvalue weighted by atomic mass is 9.97. The normalized spacial score (nSPS) is 14.5. The number of carbonyl (C=O) groups excluding carboxylic acids is 2. The quantitative estimate of drug-likeness (QED) is 0.510. The van der Waals surface area contributed by atoms with E-state index in [0.29, 0.717) is 48.8 Å². The summed E-state index contributed by atoms with van der Waals surface area (Å²) in [5.41, 5.74) is 12.2. The molecule has 0 spiro atoms. The molecule has 10 heteroatoms. The van der Waals surface area contributed by atoms with Crippen molar-refractivity contribution in [3.05, 3.63) is 36.4 Å². The van der Waals surface area contributed by atoms with Crippen molar-refractivity contribution in [1.82, 2.24) is 20.4 Å². The van der Waals surface area contributed by atoms with Gasteiger partial charge in [-0.3, -0.25) is 25.4 Å². The van der Waals surface area contributed by atoms with Crippen LogP contribution in [0.5, 0.6) is 0 Å². The molecule has 3 rings (SSSR count). The van der Waals surface area contributed by atoms with Crippen LogP contribution in [0, 0.1) is 5.92 Å². The van der Waals surface area contributed by atoms with Gasteiger partial charge in [0, 0.05) is 25.5 Å². The van der Waals surface area contributed by atoms with Crippen LogP contribution in [-0.2, 0) is 9.53 Å². The van der Waals surface area contributed by atoms with Crippen LogP contribution < -0.4 is 21.5 Å². The number of amides is 1. The molecular formula is C17H21N7O3. The second-order valence-electron chi connectivity index (χ2n) is 6.06. The van der Waals surface area contributed by atoms with Gasteiger partial charge in [-0.2, -0.15) is 0 Å². The summed E-state index contributed by atoms with van der Waals surface area (Å²) in [6.45, 7) is 1.25. The van der Waals surface area contributed by atoms with Crippen LogP contribution in [-0.4, -0.2) is 47.0 Å². The van der Waals surface area contributed by atoms with E-state index in [0.717, 1.165) is 0 Å². The highest BCUT2D eigenvalue weighted by Gasteiger charge is 2.27. The first-order valence-electron chi connectivity index (χ1n) is 8.49. The smallest absolute Gasteiger partial charge is 0.308 e. The Kier molecular flexibility index (Phi) is 5.64. The lowest BCUT2D eigenvalue weighted by Gasteiger charge is -2.32. The number of hydrogen-bond acceptors (Lipinski definition) is 9. The number of methoxy groups -OCH3 is 1. The topological polar surface area (TPSA) is 135 Å². The molecular weight excluding hydrogens is 350 g/mol. The summed E-state index contributed by atoms with van der Waals surface area (Å²) in [5.74, 6) is 0.205. The molecule has 1 aliphatic heterocycles. The number of pyridine rings is 1. The monoisotopic (exact) mass is 371 g/mol. The van der Waals surface area contributed by atoms with Gasteiger partial charge in [-0.1, -0.05) is 0 Å². The number of hydrazine groups is 1. The second-order valence-corrected chi connectivity index (χ2v) is 6.06. The molecule has 0 atom stereocenters. The standard InChI is InChI=1S/C17H21N7O3/c1-27-17(26)11-4-7-24(8-5-11)15-13(18)14(20-10-21-15)22-23-16(25)12-3-2-6-19-9-12/h2-3,6,9-11H,4-5,7-8,18H2,1H3,(H,23,25)(H,20,21,22). The minimum Gasteiger partial charge on any atom is -0.469 e. The molecule has 142 valence electrons. The SMILES string of the molecule is COC(=O)C1CCN(c2ncnc(NNC(=O)c3cccnc3)c2N)CC1. The van der Waals surface area contributed by atoms with Crippen LogP contribution in [0.25, 0.3) is 0 Å². The van der Waals surface area contributed by atoms with Gasteiger partial charge in [0.15, 0.2) is 11.6 Å². The largest absolute Gasteiger partial charge is 0.469 e. The van der Waals surface area contributed by atoms with Gasteiger partial charge in [-0.15, -0.1) is 0 Å². The highest BCUT2D eigenvalue weighted by molar-refractivity contribution is 5.94. The first-order valence-corrected chi connectivity index (χ1v) is 8.49. The van der Waals surface area contributed by atoms with Crippen molar-refractivity contribution in [3.63, 3.8) is 0 Å². The van der Waals surface area contributed by atoms with Crippen molar-refractivity contribution in [2.24, 2.45) is 5.92 Å². The van der Waals surface area contributed by atoms with Crippen molar-refractivity contribution < 1.29 is 14.3 Å². The zero-order valence-corrected chi connectivity index (χ0v) is 14.9. The molecule has 2 aromatic heterocycles. The molecule has 0 radical (unpaired) electrons. The molecule has 1 saturated heterocycles. The molecule has 0 aliphatic carbocycles. The third-order valence-corrected chi connectivity index (χ3v) is 4.41. The van der Waals surface area contributed by atoms with Crippen LogP contribution in [0.4, 0.5) is 17.3 Å². The Labute approximate surface area is 156 Å². The van der Waals surface area contributed by atoms with Gasteiger partial charge in [0.05, 0.1) is 18.6 Å². The number of aromatic nitrogens is 3. The fourth-order valence-electron chi connectivity index (χ4n) is 2.92. The molecule has 0 aromatic carbocycles. The van der Waals surface area contributed by atoms with Crippen molar-refractivity contribution in [2.45, 2.75) is 12.8 Å². The molecule has 1 aliphatic rings. The van der Waals surface area contributed by atoms with Crippen LogP contribution in [0.1, 0.15) is 23.2 Å². The summed E-state index contributed by atoms with van der Waals surface area (Å²) in [6.07, 6.45) is 5.74. The molecule has 0 bridgehead atoms.